The Hall–Kier alpha value is -3.46. The zero-order valence-electron chi connectivity index (χ0n) is 20.6. The summed E-state index contributed by atoms with van der Waals surface area (Å²) < 4.78 is 11.2. The largest absolute Gasteiger partial charge is 0.463 e. The van der Waals surface area contributed by atoms with Gasteiger partial charge >= 0.3 is 5.97 Å². The molecule has 1 aliphatic carbocycles. The molecule has 1 aromatic carbocycles. The van der Waals surface area contributed by atoms with Crippen LogP contribution in [-0.2, 0) is 27.1 Å². The Morgan fingerprint density at radius 1 is 1.19 bits per heavy atom. The Bertz CT molecular complexity index is 1340. The monoisotopic (exact) mass is 534 g/mol. The number of hydrogen-bond acceptors (Lipinski definition) is 8. The lowest BCUT2D eigenvalue weighted by Gasteiger charge is -2.28. The molecule has 9 heteroatoms. The molecule has 0 fully saturated rings. The Morgan fingerprint density at radius 2 is 1.92 bits per heavy atom. The number of carbonyl (C=O) groups excluding carboxylic acids is 1. The second-order valence-electron chi connectivity index (χ2n) is 8.80. The Labute approximate surface area is 225 Å². The van der Waals surface area contributed by atoms with Crippen LogP contribution in [0.3, 0.4) is 0 Å². The minimum absolute atomic E-state index is 0.0715. The number of pyridine rings is 1. The van der Waals surface area contributed by atoms with Gasteiger partial charge in [0.2, 0.25) is 5.88 Å². The van der Waals surface area contributed by atoms with Gasteiger partial charge in [0.25, 0.3) is 0 Å². The fourth-order valence-corrected chi connectivity index (χ4v) is 5.68. The maximum atomic E-state index is 13.2. The van der Waals surface area contributed by atoms with Crippen LogP contribution < -0.4 is 5.73 Å². The molecule has 2 N–H and O–H groups in total. The molecule has 4 rings (SSSR count). The van der Waals surface area contributed by atoms with Gasteiger partial charge in [0, 0.05) is 10.7 Å². The first-order valence-electron chi connectivity index (χ1n) is 12.3. The summed E-state index contributed by atoms with van der Waals surface area (Å²) in [5, 5.41) is 20.8. The second-order valence-corrected chi connectivity index (χ2v) is 10.2. The summed E-state index contributed by atoms with van der Waals surface area (Å²) in [6, 6.07) is 13.2. The van der Waals surface area contributed by atoms with Crippen molar-refractivity contribution >= 4 is 29.3 Å². The fraction of sp³-hybridized carbons (Fsp3) is 0.357. The standard InChI is InChI=1S/C28H27ClN4O3S/c1-2-35-28(34)25-23(36-26(32)21(15-31)24(25)17-9-11-20(29)12-10-17)16-37-27-19(14-30)13-18-7-5-3-4-6-8-22(18)33-27/h9-13,24H,2-8,16,32H2,1H3. The van der Waals surface area contributed by atoms with Crippen LogP contribution in [0, 0.1) is 22.7 Å². The molecule has 2 heterocycles. The molecule has 1 aromatic heterocycles. The van der Waals surface area contributed by atoms with Crippen molar-refractivity contribution in [1.82, 2.24) is 4.98 Å². The van der Waals surface area contributed by atoms with E-state index in [1.54, 1.807) is 31.2 Å². The number of fused-ring (bicyclic) bond motifs is 1. The third-order valence-corrected chi connectivity index (χ3v) is 7.66. The maximum absolute atomic E-state index is 13.2. The number of allylic oxidation sites excluding steroid dienone is 1. The number of hydrogen-bond donors (Lipinski definition) is 1. The predicted octanol–water partition coefficient (Wildman–Crippen LogP) is 5.68. The van der Waals surface area contributed by atoms with E-state index in [9.17, 15) is 15.3 Å². The van der Waals surface area contributed by atoms with Crippen LogP contribution in [-0.4, -0.2) is 23.3 Å². The number of rotatable bonds is 6. The van der Waals surface area contributed by atoms with Crippen molar-refractivity contribution in [3.63, 3.8) is 0 Å². The van der Waals surface area contributed by atoms with E-state index in [2.05, 4.69) is 12.1 Å². The number of nitrogens with zero attached hydrogens (tertiary/aromatic N) is 3. The van der Waals surface area contributed by atoms with Crippen LogP contribution >= 0.6 is 23.4 Å². The first-order chi connectivity index (χ1) is 18.0. The van der Waals surface area contributed by atoms with Gasteiger partial charge in [-0.2, -0.15) is 10.5 Å². The molecular formula is C28H27ClN4O3S. The molecule has 37 heavy (non-hydrogen) atoms. The highest BCUT2D eigenvalue weighted by atomic mass is 35.5. The number of ether oxygens (including phenoxy) is 2. The molecule has 7 nitrogen and oxygen atoms in total. The quantitative estimate of drug-likeness (QED) is 0.371. The van der Waals surface area contributed by atoms with Crippen molar-refractivity contribution in [3.8, 4) is 12.1 Å². The number of aromatic nitrogens is 1. The van der Waals surface area contributed by atoms with E-state index in [1.807, 2.05) is 6.07 Å². The summed E-state index contributed by atoms with van der Waals surface area (Å²) in [6.07, 6.45) is 6.32. The third-order valence-electron chi connectivity index (χ3n) is 6.42. The SMILES string of the molecule is CCOC(=O)C1=C(CSc2nc3c(cc2C#N)CCCCCC3)OC(N)=C(C#N)C1c1ccc(Cl)cc1. The van der Waals surface area contributed by atoms with Gasteiger partial charge in [0.05, 0.1) is 29.4 Å². The second kappa shape index (κ2) is 12.2. The van der Waals surface area contributed by atoms with E-state index in [0.29, 0.717) is 21.2 Å². The van der Waals surface area contributed by atoms with Crippen molar-refractivity contribution in [2.24, 2.45) is 5.73 Å². The average Bonchev–Trinajstić information content (AvgIpc) is 2.88. The van der Waals surface area contributed by atoms with Gasteiger partial charge in [-0.25, -0.2) is 9.78 Å². The molecule has 190 valence electrons. The molecule has 0 amide bonds. The van der Waals surface area contributed by atoms with Gasteiger partial charge in [-0.15, -0.1) is 0 Å². The van der Waals surface area contributed by atoms with Crippen LogP contribution in [0.25, 0.3) is 0 Å². The Kier molecular flexibility index (Phi) is 8.76. The number of aryl methyl sites for hydroxylation is 2. The van der Waals surface area contributed by atoms with Crippen molar-refractivity contribution in [3.05, 3.63) is 80.5 Å². The molecular weight excluding hydrogens is 508 g/mol. The fourth-order valence-electron chi connectivity index (χ4n) is 4.64. The summed E-state index contributed by atoms with van der Waals surface area (Å²) in [5.41, 5.74) is 9.80. The highest BCUT2D eigenvalue weighted by Crippen LogP contribution is 2.41. The van der Waals surface area contributed by atoms with E-state index in [0.717, 1.165) is 36.9 Å². The summed E-state index contributed by atoms with van der Waals surface area (Å²) in [7, 11) is 0. The predicted molar refractivity (Wildman–Crippen MR) is 141 cm³/mol. The molecule has 2 aromatic rings. The van der Waals surface area contributed by atoms with Crippen molar-refractivity contribution < 1.29 is 14.3 Å². The molecule has 0 bridgehead atoms. The summed E-state index contributed by atoms with van der Waals surface area (Å²) >= 11 is 7.38. The van der Waals surface area contributed by atoms with E-state index < -0.39 is 11.9 Å². The van der Waals surface area contributed by atoms with Gasteiger partial charge in [-0.3, -0.25) is 0 Å². The van der Waals surface area contributed by atoms with E-state index in [-0.39, 0.29) is 35.1 Å². The van der Waals surface area contributed by atoms with Crippen LogP contribution in [0.15, 0.2) is 58.1 Å². The zero-order chi connectivity index (χ0) is 26.4. The Balaban J connectivity index is 1.74. The number of carbonyl (C=O) groups is 1. The first kappa shape index (κ1) is 26.6. The highest BCUT2D eigenvalue weighted by Gasteiger charge is 2.37. The molecule has 0 spiro atoms. The lowest BCUT2D eigenvalue weighted by molar-refractivity contribution is -0.139. The molecule has 0 radical (unpaired) electrons. The zero-order valence-corrected chi connectivity index (χ0v) is 22.1. The molecule has 0 saturated carbocycles. The van der Waals surface area contributed by atoms with Gasteiger partial charge in [0.1, 0.15) is 28.5 Å². The lowest BCUT2D eigenvalue weighted by Crippen LogP contribution is -2.27. The van der Waals surface area contributed by atoms with Crippen molar-refractivity contribution in [2.75, 3.05) is 12.4 Å². The average molecular weight is 535 g/mol. The van der Waals surface area contributed by atoms with Gasteiger partial charge in [-0.1, -0.05) is 48.3 Å². The number of esters is 1. The molecule has 1 unspecified atom stereocenters. The molecule has 1 atom stereocenters. The highest BCUT2D eigenvalue weighted by molar-refractivity contribution is 7.99. The number of halogens is 1. The van der Waals surface area contributed by atoms with Crippen molar-refractivity contribution in [1.29, 1.82) is 10.5 Å². The number of nitrogens with two attached hydrogens (primary N) is 1. The van der Waals surface area contributed by atoms with Gasteiger partial charge in [0.15, 0.2) is 0 Å². The summed E-state index contributed by atoms with van der Waals surface area (Å²) in [6.45, 7) is 1.87. The van der Waals surface area contributed by atoms with Crippen LogP contribution in [0.5, 0.6) is 0 Å². The van der Waals surface area contributed by atoms with Gasteiger partial charge < -0.3 is 15.2 Å². The minimum Gasteiger partial charge on any atom is -0.463 e. The van der Waals surface area contributed by atoms with E-state index in [1.165, 1.54) is 24.6 Å². The first-order valence-corrected chi connectivity index (χ1v) is 13.6. The van der Waals surface area contributed by atoms with Crippen LogP contribution in [0.2, 0.25) is 5.02 Å². The van der Waals surface area contributed by atoms with Crippen LogP contribution in [0.1, 0.15) is 60.9 Å². The third kappa shape index (κ3) is 5.93. The van der Waals surface area contributed by atoms with Gasteiger partial charge in [-0.05, 0) is 61.9 Å². The maximum Gasteiger partial charge on any atom is 0.338 e. The van der Waals surface area contributed by atoms with Crippen molar-refractivity contribution in [2.45, 2.75) is 56.4 Å². The molecule has 2 aliphatic rings. The molecule has 0 saturated heterocycles. The summed E-state index contributed by atoms with van der Waals surface area (Å²) in [4.78, 5) is 18.0. The lowest BCUT2D eigenvalue weighted by atomic mass is 9.83. The normalized spacial score (nSPS) is 17.6. The number of benzene rings is 1. The summed E-state index contributed by atoms with van der Waals surface area (Å²) in [5.74, 6) is -0.983. The molecule has 1 aliphatic heterocycles. The van der Waals surface area contributed by atoms with E-state index >= 15 is 0 Å². The smallest absolute Gasteiger partial charge is 0.338 e. The van der Waals surface area contributed by atoms with Crippen LogP contribution in [0.4, 0.5) is 0 Å². The number of nitriles is 2. The topological polar surface area (TPSA) is 122 Å². The minimum atomic E-state index is -0.773. The number of thioether (sulfide) groups is 1. The Morgan fingerprint density at radius 3 is 2.59 bits per heavy atom. The van der Waals surface area contributed by atoms with E-state index in [4.69, 9.17) is 31.8 Å².